The van der Waals surface area contributed by atoms with E-state index in [1.165, 1.54) is 159 Å². The van der Waals surface area contributed by atoms with Crippen LogP contribution in [0.3, 0.4) is 0 Å². The highest BCUT2D eigenvalue weighted by Gasteiger charge is 2.33. The van der Waals surface area contributed by atoms with Crippen molar-refractivity contribution in [2.75, 3.05) is 0 Å². The minimum atomic E-state index is 0.727. The molecule has 0 saturated carbocycles. The molecule has 9 heteroatoms. The van der Waals surface area contributed by atoms with Crippen LogP contribution in [-0.4, -0.2) is 43.6 Å². The Morgan fingerprint density at radius 1 is 0.156 bits per heavy atom. The molecule has 30 rings (SSSR count). The second-order valence-corrected chi connectivity index (χ2v) is 35.3. The summed E-state index contributed by atoms with van der Waals surface area (Å²) < 4.78 is 7.12. The van der Waals surface area contributed by atoms with E-state index < -0.39 is 0 Å². The van der Waals surface area contributed by atoms with Gasteiger partial charge in [0.1, 0.15) is 11.4 Å². The highest BCUT2D eigenvalue weighted by atomic mass is 15.1. The fourth-order valence-electron chi connectivity index (χ4n) is 22.2. The Morgan fingerprint density at radius 2 is 0.496 bits per heavy atom. The third-order valence-corrected chi connectivity index (χ3v) is 28.0. The molecular weight excluding hydrogens is 1640 g/mol. The predicted octanol–water partition coefficient (Wildman–Crippen LogP) is 32.6. The summed E-state index contributed by atoms with van der Waals surface area (Å²) in [6, 6.07) is 162. The molecule has 0 fully saturated rings. The van der Waals surface area contributed by atoms with Crippen LogP contribution in [0.1, 0.15) is 0 Å². The van der Waals surface area contributed by atoms with Gasteiger partial charge in [0.25, 0.3) is 0 Å². The summed E-state index contributed by atoms with van der Waals surface area (Å²) in [5.41, 5.74) is 39.4. The van der Waals surface area contributed by atoms with Gasteiger partial charge in [-0.25, -0.2) is 29.9 Å². The molecule has 6 aromatic heterocycles. The van der Waals surface area contributed by atoms with Gasteiger partial charge in [-0.05, 0) is 213 Å². The van der Waals surface area contributed by atoms with Crippen LogP contribution in [-0.2, 0) is 0 Å². The third-order valence-electron chi connectivity index (χ3n) is 28.0. The van der Waals surface area contributed by atoms with Crippen molar-refractivity contribution in [3.8, 4) is 151 Å². The zero-order valence-corrected chi connectivity index (χ0v) is 72.8. The van der Waals surface area contributed by atoms with Crippen LogP contribution in [0.15, 0.2) is 455 Å². The fourth-order valence-corrected chi connectivity index (χ4v) is 22.2. The SMILES string of the molecule is c1ccc(-c2ccc3c4c2-c2ccccc2-c2cccc5ccc(c4c25)n3-c2nc3ccccc3nc2-c2ccccc2)cc1.c1ccc(-c2cccc(-c3nc4ccccc4nc3-n3c4cccc5c4c4c6c(cccc6ccc43)-c3ccccc3-5)c2)cc1.c1ccc(-c2nc(-c3ccc(-n4c5cccc6c5c5c7c(cccc7ccc54)-c4ccccc4-6)cc3)nc3ccccc23)cc1. The quantitative estimate of drug-likeness (QED) is 0.143. The molecule has 0 bridgehead atoms. The van der Waals surface area contributed by atoms with Gasteiger partial charge in [0.2, 0.25) is 0 Å². The summed E-state index contributed by atoms with van der Waals surface area (Å²) in [6.07, 6.45) is 0. The van der Waals surface area contributed by atoms with E-state index in [1.54, 1.807) is 0 Å². The van der Waals surface area contributed by atoms with E-state index in [0.29, 0.717) is 0 Å². The van der Waals surface area contributed by atoms with Crippen LogP contribution in [0.25, 0.3) is 282 Å². The molecule has 0 N–H and O–H groups in total. The zero-order valence-electron chi connectivity index (χ0n) is 72.8. The highest BCUT2D eigenvalue weighted by molar-refractivity contribution is 6.34. The maximum absolute atomic E-state index is 5.39. The van der Waals surface area contributed by atoms with Crippen molar-refractivity contribution in [1.29, 1.82) is 0 Å². The van der Waals surface area contributed by atoms with E-state index in [0.717, 1.165) is 123 Å². The monoisotopic (exact) mass is 1710 g/mol. The summed E-state index contributed by atoms with van der Waals surface area (Å²) in [5, 5.41) is 16.4. The number of aromatic nitrogens is 9. The lowest BCUT2D eigenvalue weighted by Crippen LogP contribution is -2.04. The van der Waals surface area contributed by atoms with Crippen LogP contribution in [0.4, 0.5) is 0 Å². The predicted molar refractivity (Wildman–Crippen MR) is 560 cm³/mol. The Balaban J connectivity index is 0.000000101. The minimum Gasteiger partial charge on any atom is -0.309 e. The minimum absolute atomic E-state index is 0.727. The summed E-state index contributed by atoms with van der Waals surface area (Å²) in [7, 11) is 0. The van der Waals surface area contributed by atoms with Crippen molar-refractivity contribution in [1.82, 2.24) is 43.6 Å². The first-order valence-electron chi connectivity index (χ1n) is 46.1. The molecule has 27 aromatic rings. The van der Waals surface area contributed by atoms with Gasteiger partial charge in [0, 0.05) is 71.2 Å². The Hall–Kier alpha value is -18.2. The van der Waals surface area contributed by atoms with Gasteiger partial charge in [0.05, 0.1) is 66.4 Å². The Morgan fingerprint density at radius 3 is 1.01 bits per heavy atom. The van der Waals surface area contributed by atoms with E-state index >= 15 is 0 Å². The smallest absolute Gasteiger partial charge is 0.165 e. The highest BCUT2D eigenvalue weighted by Crippen LogP contribution is 2.56. The second-order valence-electron chi connectivity index (χ2n) is 35.3. The molecule has 6 heterocycles. The average Bonchev–Trinajstić information content (AvgIpc) is 2.08. The van der Waals surface area contributed by atoms with Crippen molar-refractivity contribution >= 4 is 131 Å². The molecule has 0 radical (unpaired) electrons. The molecule has 0 aliphatic heterocycles. The molecule has 0 atom stereocenters. The third kappa shape index (κ3) is 11.7. The lowest BCUT2D eigenvalue weighted by molar-refractivity contribution is 1.08. The summed E-state index contributed by atoms with van der Waals surface area (Å²) in [4.78, 5) is 31.4. The molecule has 9 nitrogen and oxygen atoms in total. The maximum atomic E-state index is 5.39. The van der Waals surface area contributed by atoms with Gasteiger partial charge < -0.3 is 4.57 Å². The summed E-state index contributed by atoms with van der Waals surface area (Å²) >= 11 is 0. The summed E-state index contributed by atoms with van der Waals surface area (Å²) in [5.74, 6) is 2.40. The molecule has 624 valence electrons. The molecule has 0 saturated heterocycles. The topological polar surface area (TPSA) is 92.1 Å². The van der Waals surface area contributed by atoms with Gasteiger partial charge in [-0.2, -0.15) is 0 Å². The normalized spacial score (nSPS) is 12.0. The Labute approximate surface area is 775 Å². The van der Waals surface area contributed by atoms with Gasteiger partial charge in [-0.3, -0.25) is 9.13 Å². The molecule has 3 aliphatic carbocycles. The molecule has 135 heavy (non-hydrogen) atoms. The van der Waals surface area contributed by atoms with Crippen molar-refractivity contribution < 1.29 is 0 Å². The van der Waals surface area contributed by atoms with E-state index in [-0.39, 0.29) is 0 Å². The number of rotatable bonds is 9. The lowest BCUT2D eigenvalue weighted by Gasteiger charge is -2.17. The largest absolute Gasteiger partial charge is 0.309 e. The molecule has 3 aliphatic rings. The Kier molecular flexibility index (Phi) is 17.0. The maximum Gasteiger partial charge on any atom is 0.165 e. The lowest BCUT2D eigenvalue weighted by atomic mass is 9.88. The summed E-state index contributed by atoms with van der Waals surface area (Å²) in [6.45, 7) is 0. The van der Waals surface area contributed by atoms with E-state index in [1.807, 2.05) is 54.6 Å². The van der Waals surface area contributed by atoms with Gasteiger partial charge >= 0.3 is 0 Å². The van der Waals surface area contributed by atoms with Crippen LogP contribution in [0.5, 0.6) is 0 Å². The number of benzene rings is 21. The average molecular weight is 1720 g/mol. The van der Waals surface area contributed by atoms with Crippen molar-refractivity contribution in [2.45, 2.75) is 0 Å². The van der Waals surface area contributed by atoms with Crippen molar-refractivity contribution in [3.63, 3.8) is 0 Å². The first kappa shape index (κ1) is 75.8. The van der Waals surface area contributed by atoms with E-state index in [2.05, 4.69) is 414 Å². The van der Waals surface area contributed by atoms with Crippen LogP contribution < -0.4 is 0 Å². The number of hydrogen-bond acceptors (Lipinski definition) is 6. The molecule has 0 amide bonds. The second kappa shape index (κ2) is 30.2. The molecule has 21 aromatic carbocycles. The molecule has 0 spiro atoms. The molecule has 0 unspecified atom stereocenters. The zero-order chi connectivity index (χ0) is 88.5. The first-order chi connectivity index (χ1) is 67.0. The number of para-hydroxylation sites is 5. The molecular formula is C126H75N9. The van der Waals surface area contributed by atoms with Crippen molar-refractivity contribution in [3.05, 3.63) is 455 Å². The number of hydrogen-bond donors (Lipinski definition) is 0. The van der Waals surface area contributed by atoms with Crippen LogP contribution in [0, 0.1) is 0 Å². The first-order valence-corrected chi connectivity index (χ1v) is 46.1. The van der Waals surface area contributed by atoms with Crippen molar-refractivity contribution in [2.24, 2.45) is 0 Å². The standard InChI is InChI=1S/3C42H25N3/c1-3-12-26(13-4-1)29-23-25-36-40-38(29)32-18-8-7-17-30(32)31-19-11-16-27-22-24-35(39(40)37(27)31)45(36)42-41(28-14-5-2-6-15-28)43-33-20-9-10-21-34(33)44-42;1-2-11-26(12-3-1)28-14-8-15-29(25-28)41-42(44-35-21-7-6-20-34(35)43-41)45-36-22-10-19-33-31-17-5-4-16-30(31)32-18-9-13-27-23-24-37(45)40(38(27)32)39(33)36;1-2-10-27(11-3-1)41-34-15-6-7-18-35(34)43-42(44-41)28-20-23-29(24-21-28)45-36-19-9-17-33-31-14-5-4-13-30(31)32-16-8-12-26-22-25-37(45)40(38(26)32)39(33)36/h3*1-25H. The fraction of sp³-hybridized carbons (Fsp3) is 0. The van der Waals surface area contributed by atoms with Gasteiger partial charge in [-0.15, -0.1) is 0 Å². The Bertz CT molecular complexity index is 9680. The number of nitrogens with zero attached hydrogens (tertiary/aromatic N) is 9. The number of fused-ring (bicyclic) bond motifs is 12. The van der Waals surface area contributed by atoms with E-state index in [4.69, 9.17) is 29.9 Å². The van der Waals surface area contributed by atoms with Crippen LogP contribution in [0.2, 0.25) is 0 Å². The van der Waals surface area contributed by atoms with Gasteiger partial charge in [-0.1, -0.05) is 358 Å². The van der Waals surface area contributed by atoms with Crippen LogP contribution >= 0.6 is 0 Å². The van der Waals surface area contributed by atoms with Gasteiger partial charge in [0.15, 0.2) is 17.5 Å². The van der Waals surface area contributed by atoms with E-state index in [9.17, 15) is 0 Å².